The van der Waals surface area contributed by atoms with Crippen molar-refractivity contribution < 1.29 is 9.90 Å². The number of benzene rings is 2. The molecule has 0 bridgehead atoms. The van der Waals surface area contributed by atoms with Gasteiger partial charge in [-0.1, -0.05) is 48.5 Å². The fourth-order valence-corrected chi connectivity index (χ4v) is 3.17. The first-order valence-corrected chi connectivity index (χ1v) is 9.27. The summed E-state index contributed by atoms with van der Waals surface area (Å²) < 4.78 is 1.29. The summed E-state index contributed by atoms with van der Waals surface area (Å²) in [6, 6.07) is 19.6. The summed E-state index contributed by atoms with van der Waals surface area (Å²) in [5.74, 6) is -0.650. The molecule has 0 aliphatic carbocycles. The van der Waals surface area contributed by atoms with Crippen LogP contribution in [0.1, 0.15) is 21.5 Å². The van der Waals surface area contributed by atoms with E-state index in [1.54, 1.807) is 42.6 Å². The Morgan fingerprint density at radius 2 is 1.77 bits per heavy atom. The van der Waals surface area contributed by atoms with E-state index in [-0.39, 0.29) is 18.0 Å². The molecule has 4 aromatic rings. The molecular weight excluding hydrogens is 380 g/mol. The molecule has 0 unspecified atom stereocenters. The van der Waals surface area contributed by atoms with Crippen LogP contribution < -0.4 is 11.0 Å². The van der Waals surface area contributed by atoms with Crippen LogP contribution in [-0.2, 0) is 6.54 Å². The maximum Gasteiger partial charge on any atom is 0.272 e. The van der Waals surface area contributed by atoms with Gasteiger partial charge in [-0.2, -0.15) is 5.10 Å². The molecule has 2 heterocycles. The molecule has 0 spiro atoms. The highest BCUT2D eigenvalue weighted by Crippen LogP contribution is 2.23. The van der Waals surface area contributed by atoms with Crippen LogP contribution in [0.4, 0.5) is 0 Å². The lowest BCUT2D eigenvalue weighted by Gasteiger charge is -2.13. The number of carbonyl (C=O) groups excluding carboxylic acids is 1. The van der Waals surface area contributed by atoms with Crippen molar-refractivity contribution in [2.24, 2.45) is 5.10 Å². The van der Waals surface area contributed by atoms with Gasteiger partial charge in [0.2, 0.25) is 5.88 Å². The first-order valence-electron chi connectivity index (χ1n) is 9.27. The number of hydrogen-bond donors (Lipinski definition) is 2. The zero-order valence-electron chi connectivity index (χ0n) is 15.9. The maximum atomic E-state index is 13.0. The second-order valence-corrected chi connectivity index (χ2v) is 6.60. The van der Waals surface area contributed by atoms with E-state index in [2.05, 4.69) is 15.5 Å². The normalized spacial score (nSPS) is 11.1. The van der Waals surface area contributed by atoms with E-state index in [1.165, 1.54) is 17.0 Å². The SMILES string of the molecule is O=C(NN=Cc1c(O)n(Cc2ccccc2)c(=O)c2ccccc12)c1cccnc1. The molecule has 148 valence electrons. The highest BCUT2D eigenvalue weighted by atomic mass is 16.3. The second kappa shape index (κ2) is 8.40. The largest absolute Gasteiger partial charge is 0.494 e. The van der Waals surface area contributed by atoms with Crippen LogP contribution in [0.3, 0.4) is 0 Å². The van der Waals surface area contributed by atoms with Crippen LogP contribution in [0, 0.1) is 0 Å². The summed E-state index contributed by atoms with van der Waals surface area (Å²) in [7, 11) is 0. The van der Waals surface area contributed by atoms with E-state index in [0.29, 0.717) is 21.9 Å². The van der Waals surface area contributed by atoms with Crippen molar-refractivity contribution in [3.8, 4) is 5.88 Å². The lowest BCUT2D eigenvalue weighted by molar-refractivity contribution is 0.0954. The van der Waals surface area contributed by atoms with Gasteiger partial charge in [-0.3, -0.25) is 19.1 Å². The molecule has 0 fully saturated rings. The molecule has 0 aliphatic rings. The minimum atomic E-state index is -0.430. The number of aromatic hydroxyl groups is 1. The summed E-state index contributed by atoms with van der Waals surface area (Å²) in [6.07, 6.45) is 4.34. The van der Waals surface area contributed by atoms with E-state index in [9.17, 15) is 14.7 Å². The number of nitrogens with zero attached hydrogens (tertiary/aromatic N) is 3. The molecule has 1 amide bonds. The fourth-order valence-electron chi connectivity index (χ4n) is 3.17. The lowest BCUT2D eigenvalue weighted by atomic mass is 10.1. The Morgan fingerprint density at radius 1 is 1.03 bits per heavy atom. The van der Waals surface area contributed by atoms with E-state index >= 15 is 0 Å². The number of fused-ring (bicyclic) bond motifs is 1. The molecule has 0 radical (unpaired) electrons. The molecule has 4 rings (SSSR count). The summed E-state index contributed by atoms with van der Waals surface area (Å²) >= 11 is 0. The smallest absolute Gasteiger partial charge is 0.272 e. The van der Waals surface area contributed by atoms with Gasteiger partial charge in [-0.25, -0.2) is 5.43 Å². The van der Waals surface area contributed by atoms with Crippen LogP contribution in [0.5, 0.6) is 5.88 Å². The lowest BCUT2D eigenvalue weighted by Crippen LogP contribution is -2.23. The summed E-state index contributed by atoms with van der Waals surface area (Å²) in [6.45, 7) is 0.208. The Labute approximate surface area is 172 Å². The number of hydrogen-bond acceptors (Lipinski definition) is 5. The van der Waals surface area contributed by atoms with Crippen LogP contribution in [-0.4, -0.2) is 26.8 Å². The van der Waals surface area contributed by atoms with Crippen LogP contribution in [0.15, 0.2) is 89.0 Å². The van der Waals surface area contributed by atoms with Crippen LogP contribution in [0.2, 0.25) is 0 Å². The maximum absolute atomic E-state index is 13.0. The molecule has 0 atom stereocenters. The van der Waals surface area contributed by atoms with Crippen molar-refractivity contribution in [3.63, 3.8) is 0 Å². The third kappa shape index (κ3) is 3.81. The highest BCUT2D eigenvalue weighted by Gasteiger charge is 2.15. The first kappa shape index (κ1) is 19.1. The van der Waals surface area contributed by atoms with E-state index in [4.69, 9.17) is 0 Å². The van der Waals surface area contributed by atoms with Gasteiger partial charge in [0.1, 0.15) is 0 Å². The summed E-state index contributed by atoms with van der Waals surface area (Å²) in [4.78, 5) is 29.0. The monoisotopic (exact) mass is 398 g/mol. The predicted molar refractivity (Wildman–Crippen MR) is 115 cm³/mol. The molecule has 0 saturated carbocycles. The molecule has 2 aromatic carbocycles. The second-order valence-electron chi connectivity index (χ2n) is 6.60. The van der Waals surface area contributed by atoms with Crippen molar-refractivity contribution in [1.82, 2.24) is 15.0 Å². The number of carbonyl (C=O) groups is 1. The molecule has 30 heavy (non-hydrogen) atoms. The Hall–Kier alpha value is -4.26. The van der Waals surface area contributed by atoms with Crippen molar-refractivity contribution in [3.05, 3.63) is 106 Å². The fraction of sp³-hybridized carbons (Fsp3) is 0.0435. The Bertz CT molecular complexity index is 1280. The van der Waals surface area contributed by atoms with E-state index < -0.39 is 5.91 Å². The first-order chi connectivity index (χ1) is 14.6. The standard InChI is InChI=1S/C23H18N4O3/c28-21(17-9-6-12-24-13-17)26-25-14-20-18-10-4-5-11-19(18)22(29)27(23(20)30)15-16-7-2-1-3-8-16/h1-14,30H,15H2,(H,26,28). The van der Waals surface area contributed by atoms with E-state index in [1.807, 2.05) is 30.3 Å². The minimum absolute atomic E-state index is 0.208. The zero-order valence-corrected chi connectivity index (χ0v) is 15.9. The number of amides is 1. The third-order valence-electron chi connectivity index (χ3n) is 4.66. The Kier molecular flexibility index (Phi) is 5.34. The Morgan fingerprint density at radius 3 is 2.50 bits per heavy atom. The van der Waals surface area contributed by atoms with Gasteiger partial charge in [0, 0.05) is 23.2 Å². The van der Waals surface area contributed by atoms with Crippen molar-refractivity contribution in [2.45, 2.75) is 6.54 Å². The van der Waals surface area contributed by atoms with Crippen LogP contribution >= 0.6 is 0 Å². The van der Waals surface area contributed by atoms with Gasteiger partial charge in [0.05, 0.1) is 23.9 Å². The molecule has 7 heteroatoms. The van der Waals surface area contributed by atoms with Crippen molar-refractivity contribution >= 4 is 22.9 Å². The average Bonchev–Trinajstić information content (AvgIpc) is 2.80. The predicted octanol–water partition coefficient (Wildman–Crippen LogP) is 2.91. The van der Waals surface area contributed by atoms with Gasteiger partial charge < -0.3 is 5.11 Å². The Balaban J connectivity index is 1.73. The number of hydrazone groups is 1. The molecule has 2 aromatic heterocycles. The zero-order chi connectivity index (χ0) is 20.9. The quantitative estimate of drug-likeness (QED) is 0.399. The molecule has 2 N–H and O–H groups in total. The number of rotatable bonds is 5. The number of aromatic nitrogens is 2. The highest BCUT2D eigenvalue weighted by molar-refractivity contribution is 6.02. The minimum Gasteiger partial charge on any atom is -0.494 e. The van der Waals surface area contributed by atoms with Gasteiger partial charge in [-0.15, -0.1) is 0 Å². The summed E-state index contributed by atoms with van der Waals surface area (Å²) in [5, 5.41) is 15.8. The van der Waals surface area contributed by atoms with Crippen molar-refractivity contribution in [1.29, 1.82) is 0 Å². The molecule has 0 saturated heterocycles. The molecule has 0 aliphatic heterocycles. The molecule has 7 nitrogen and oxygen atoms in total. The van der Waals surface area contributed by atoms with Gasteiger partial charge in [-0.05, 0) is 23.8 Å². The van der Waals surface area contributed by atoms with Gasteiger partial charge in [0.15, 0.2) is 0 Å². The number of nitrogens with one attached hydrogen (secondary N) is 1. The number of pyridine rings is 2. The van der Waals surface area contributed by atoms with Crippen LogP contribution in [0.25, 0.3) is 10.8 Å². The van der Waals surface area contributed by atoms with Gasteiger partial charge in [0.25, 0.3) is 11.5 Å². The summed E-state index contributed by atoms with van der Waals surface area (Å²) in [5.41, 5.74) is 3.69. The van der Waals surface area contributed by atoms with Crippen molar-refractivity contribution in [2.75, 3.05) is 0 Å². The third-order valence-corrected chi connectivity index (χ3v) is 4.66. The van der Waals surface area contributed by atoms with E-state index in [0.717, 1.165) is 5.56 Å². The molecular formula is C23H18N4O3. The topological polar surface area (TPSA) is 96.6 Å². The average molecular weight is 398 g/mol. The van der Waals surface area contributed by atoms with Gasteiger partial charge >= 0.3 is 0 Å².